The number of rotatable bonds is 5. The summed E-state index contributed by atoms with van der Waals surface area (Å²) in [6.45, 7) is 4.87. The van der Waals surface area contributed by atoms with Crippen LogP contribution in [0, 0.1) is 0 Å². The van der Waals surface area contributed by atoms with E-state index >= 15 is 0 Å². The Morgan fingerprint density at radius 1 is 1.14 bits per heavy atom. The van der Waals surface area contributed by atoms with Gasteiger partial charge in [-0.1, -0.05) is 17.7 Å². The molecule has 0 unspecified atom stereocenters. The molecule has 0 radical (unpaired) electrons. The summed E-state index contributed by atoms with van der Waals surface area (Å²) in [5.74, 6) is 0.285. The van der Waals surface area contributed by atoms with Crippen molar-refractivity contribution in [3.8, 4) is 5.88 Å². The Kier molecular flexibility index (Phi) is 6.22. The van der Waals surface area contributed by atoms with E-state index in [-0.39, 0.29) is 30.0 Å². The Hall–Kier alpha value is -2.16. The zero-order valence-electron chi connectivity index (χ0n) is 15.7. The second kappa shape index (κ2) is 8.46. The molecule has 1 aromatic heterocycles. The summed E-state index contributed by atoms with van der Waals surface area (Å²) in [5, 5.41) is 0.368. The number of halogens is 1. The van der Waals surface area contributed by atoms with E-state index in [0.717, 1.165) is 0 Å². The van der Waals surface area contributed by atoms with E-state index < -0.39 is 10.0 Å². The van der Waals surface area contributed by atoms with Crippen molar-refractivity contribution in [3.63, 3.8) is 0 Å². The zero-order valence-corrected chi connectivity index (χ0v) is 17.3. The molecular weight excluding hydrogens is 402 g/mol. The number of carbonyl (C=O) groups excluding carboxylic acids is 1. The van der Waals surface area contributed by atoms with Crippen LogP contribution in [0.15, 0.2) is 47.5 Å². The molecule has 1 aliphatic rings. The van der Waals surface area contributed by atoms with Crippen LogP contribution >= 0.6 is 11.6 Å². The Bertz CT molecular complexity index is 940. The largest absolute Gasteiger partial charge is 0.475 e. The monoisotopic (exact) mass is 423 g/mol. The third-order valence-electron chi connectivity index (χ3n) is 4.30. The van der Waals surface area contributed by atoms with Crippen LogP contribution in [-0.2, 0) is 10.0 Å². The summed E-state index contributed by atoms with van der Waals surface area (Å²) in [4.78, 5) is 18.6. The first-order valence-electron chi connectivity index (χ1n) is 8.95. The van der Waals surface area contributed by atoms with Crippen LogP contribution in [0.5, 0.6) is 5.88 Å². The van der Waals surface area contributed by atoms with Crippen LogP contribution in [0.3, 0.4) is 0 Å². The molecule has 0 spiro atoms. The van der Waals surface area contributed by atoms with Crippen LogP contribution < -0.4 is 4.74 Å². The summed E-state index contributed by atoms with van der Waals surface area (Å²) in [5.41, 5.74) is 0.447. The van der Waals surface area contributed by atoms with Gasteiger partial charge in [-0.05, 0) is 38.1 Å². The molecule has 0 bridgehead atoms. The van der Waals surface area contributed by atoms with Crippen molar-refractivity contribution in [2.24, 2.45) is 0 Å². The van der Waals surface area contributed by atoms with Crippen molar-refractivity contribution in [2.75, 3.05) is 26.2 Å². The molecule has 1 aliphatic heterocycles. The quantitative estimate of drug-likeness (QED) is 0.738. The molecule has 1 saturated heterocycles. The third-order valence-corrected chi connectivity index (χ3v) is 6.43. The lowest BCUT2D eigenvalue weighted by atomic mass is 10.2. The molecule has 7 nitrogen and oxygen atoms in total. The van der Waals surface area contributed by atoms with Crippen LogP contribution in [0.2, 0.25) is 5.02 Å². The molecule has 0 saturated carbocycles. The highest BCUT2D eigenvalue weighted by atomic mass is 35.5. The fraction of sp³-hybridized carbons (Fsp3) is 0.368. The van der Waals surface area contributed by atoms with Crippen LogP contribution in [0.4, 0.5) is 0 Å². The molecule has 28 heavy (non-hydrogen) atoms. The SMILES string of the molecule is CC(C)Oc1ccc(C(=O)N2CCN(S(=O)(=O)c3cccc(Cl)c3)CC2)cn1. The number of amides is 1. The van der Waals surface area contributed by atoms with Crippen molar-refractivity contribution in [3.05, 3.63) is 53.2 Å². The minimum atomic E-state index is -3.63. The van der Waals surface area contributed by atoms with Gasteiger partial charge < -0.3 is 9.64 Å². The van der Waals surface area contributed by atoms with Gasteiger partial charge in [0, 0.05) is 43.5 Å². The van der Waals surface area contributed by atoms with E-state index in [9.17, 15) is 13.2 Å². The highest BCUT2D eigenvalue weighted by Crippen LogP contribution is 2.21. The van der Waals surface area contributed by atoms with Crippen molar-refractivity contribution in [1.82, 2.24) is 14.2 Å². The maximum Gasteiger partial charge on any atom is 0.255 e. The number of pyridine rings is 1. The Labute approximate surface area is 169 Å². The average Bonchev–Trinajstić information content (AvgIpc) is 2.68. The first-order chi connectivity index (χ1) is 13.3. The van der Waals surface area contributed by atoms with E-state index in [4.69, 9.17) is 16.3 Å². The van der Waals surface area contributed by atoms with Gasteiger partial charge in [0.25, 0.3) is 5.91 Å². The molecule has 2 aromatic rings. The van der Waals surface area contributed by atoms with E-state index in [1.165, 1.54) is 22.6 Å². The summed E-state index contributed by atoms with van der Waals surface area (Å²) < 4.78 is 32.4. The van der Waals surface area contributed by atoms with Crippen LogP contribution in [0.1, 0.15) is 24.2 Å². The van der Waals surface area contributed by atoms with Crippen molar-refractivity contribution in [2.45, 2.75) is 24.8 Å². The number of carbonyl (C=O) groups is 1. The predicted molar refractivity (Wildman–Crippen MR) is 106 cm³/mol. The number of hydrogen-bond acceptors (Lipinski definition) is 5. The van der Waals surface area contributed by atoms with Crippen molar-refractivity contribution >= 4 is 27.5 Å². The fourth-order valence-electron chi connectivity index (χ4n) is 2.91. The summed E-state index contributed by atoms with van der Waals surface area (Å²) >= 11 is 5.91. The smallest absolute Gasteiger partial charge is 0.255 e. The lowest BCUT2D eigenvalue weighted by Gasteiger charge is -2.34. The molecular formula is C19H22ClN3O4S. The first kappa shape index (κ1) is 20.6. The molecule has 0 atom stereocenters. The van der Waals surface area contributed by atoms with Gasteiger partial charge in [0.15, 0.2) is 0 Å². The van der Waals surface area contributed by atoms with Crippen molar-refractivity contribution in [1.29, 1.82) is 0 Å². The summed E-state index contributed by atoms with van der Waals surface area (Å²) in [7, 11) is -3.63. The van der Waals surface area contributed by atoms with Crippen LogP contribution in [0.25, 0.3) is 0 Å². The Morgan fingerprint density at radius 2 is 1.86 bits per heavy atom. The van der Waals surface area contributed by atoms with Gasteiger partial charge in [-0.15, -0.1) is 0 Å². The summed E-state index contributed by atoms with van der Waals surface area (Å²) in [6, 6.07) is 9.51. The molecule has 9 heteroatoms. The molecule has 1 amide bonds. The van der Waals surface area contributed by atoms with Crippen molar-refractivity contribution < 1.29 is 17.9 Å². The van der Waals surface area contributed by atoms with E-state index in [0.29, 0.717) is 29.6 Å². The molecule has 150 valence electrons. The maximum absolute atomic E-state index is 12.8. The third kappa shape index (κ3) is 4.63. The van der Waals surface area contributed by atoms with Gasteiger partial charge >= 0.3 is 0 Å². The highest BCUT2D eigenvalue weighted by Gasteiger charge is 2.30. The number of piperazine rings is 1. The average molecular weight is 424 g/mol. The van der Waals surface area contributed by atoms with Gasteiger partial charge in [-0.25, -0.2) is 13.4 Å². The lowest BCUT2D eigenvalue weighted by Crippen LogP contribution is -2.50. The number of sulfonamides is 1. The topological polar surface area (TPSA) is 79.8 Å². The highest BCUT2D eigenvalue weighted by molar-refractivity contribution is 7.89. The van der Waals surface area contributed by atoms with E-state index in [1.54, 1.807) is 29.2 Å². The van der Waals surface area contributed by atoms with Crippen LogP contribution in [-0.4, -0.2) is 60.8 Å². The molecule has 2 heterocycles. The number of ether oxygens (including phenoxy) is 1. The Morgan fingerprint density at radius 3 is 2.43 bits per heavy atom. The van der Waals surface area contributed by atoms with E-state index in [1.807, 2.05) is 13.8 Å². The van der Waals surface area contributed by atoms with Gasteiger partial charge in [-0.3, -0.25) is 4.79 Å². The lowest BCUT2D eigenvalue weighted by molar-refractivity contribution is 0.0697. The second-order valence-corrected chi connectivity index (χ2v) is 9.08. The maximum atomic E-state index is 12.8. The number of aromatic nitrogens is 1. The minimum Gasteiger partial charge on any atom is -0.475 e. The molecule has 1 aromatic carbocycles. The molecule has 0 aliphatic carbocycles. The molecule has 0 N–H and O–H groups in total. The normalized spacial score (nSPS) is 15.6. The van der Waals surface area contributed by atoms with Gasteiger partial charge in [0.05, 0.1) is 16.6 Å². The van der Waals surface area contributed by atoms with E-state index in [2.05, 4.69) is 4.98 Å². The van der Waals surface area contributed by atoms with Gasteiger partial charge in [0.1, 0.15) is 0 Å². The number of hydrogen-bond donors (Lipinski definition) is 0. The summed E-state index contributed by atoms with van der Waals surface area (Å²) in [6.07, 6.45) is 1.48. The minimum absolute atomic E-state index is 0.00331. The predicted octanol–water partition coefficient (Wildman–Crippen LogP) is 2.67. The second-order valence-electron chi connectivity index (χ2n) is 6.71. The molecule has 1 fully saturated rings. The Balaban J connectivity index is 1.64. The zero-order chi connectivity index (χ0) is 20.3. The molecule has 3 rings (SSSR count). The fourth-order valence-corrected chi connectivity index (χ4v) is 4.63. The van der Waals surface area contributed by atoms with Gasteiger partial charge in [0.2, 0.25) is 15.9 Å². The number of nitrogens with zero attached hydrogens (tertiary/aromatic N) is 3. The van der Waals surface area contributed by atoms with Gasteiger partial charge in [-0.2, -0.15) is 4.31 Å². The standard InChI is InChI=1S/C19H22ClN3O4S/c1-14(2)27-18-7-6-15(13-21-18)19(24)22-8-10-23(11-9-22)28(25,26)17-5-3-4-16(20)12-17/h3-7,12-14H,8-11H2,1-2H3. The first-order valence-corrected chi connectivity index (χ1v) is 10.8. The number of benzene rings is 1.